The van der Waals surface area contributed by atoms with E-state index >= 15 is 0 Å². The first kappa shape index (κ1) is 15.6. The van der Waals surface area contributed by atoms with Crippen molar-refractivity contribution in [3.05, 3.63) is 59.5 Å². The molecule has 0 aromatic heterocycles. The highest BCUT2D eigenvalue weighted by Crippen LogP contribution is 2.35. The van der Waals surface area contributed by atoms with Crippen molar-refractivity contribution in [2.75, 3.05) is 24.7 Å². The zero-order chi connectivity index (χ0) is 17.1. The minimum absolute atomic E-state index is 0.174. The van der Waals surface area contributed by atoms with Gasteiger partial charge in [-0.05, 0) is 35.5 Å². The van der Waals surface area contributed by atoms with Crippen molar-refractivity contribution in [1.82, 2.24) is 0 Å². The molecular weight excluding hydrogens is 302 g/mol. The summed E-state index contributed by atoms with van der Waals surface area (Å²) in [6.45, 7) is 0. The van der Waals surface area contributed by atoms with Crippen LogP contribution in [0, 0.1) is 4.91 Å². The molecule has 0 aliphatic heterocycles. The van der Waals surface area contributed by atoms with Crippen molar-refractivity contribution in [1.29, 1.82) is 0 Å². The van der Waals surface area contributed by atoms with E-state index in [-0.39, 0.29) is 5.69 Å². The molecule has 0 fully saturated rings. The maximum atomic E-state index is 10.9. The lowest BCUT2D eigenvalue weighted by atomic mass is 10.1. The molecule has 6 heteroatoms. The standard InChI is InChI=1S/C18H17N5O/c1-23(2)18-10-9-15(13-5-3-4-6-14(13)18)20-21-16-8-7-12(19)11-17(16)22-24/h3-11H,19H2,1-2H3. The monoisotopic (exact) mass is 319 g/mol. The lowest BCUT2D eigenvalue weighted by molar-refractivity contribution is 1.14. The first-order valence-corrected chi connectivity index (χ1v) is 7.44. The summed E-state index contributed by atoms with van der Waals surface area (Å²) >= 11 is 0. The third-order valence-corrected chi connectivity index (χ3v) is 3.72. The zero-order valence-electron chi connectivity index (χ0n) is 13.5. The topological polar surface area (TPSA) is 83.4 Å². The number of hydrogen-bond acceptors (Lipinski definition) is 6. The second-order valence-corrected chi connectivity index (χ2v) is 5.58. The highest BCUT2D eigenvalue weighted by molar-refractivity contribution is 6.01. The van der Waals surface area contributed by atoms with Gasteiger partial charge < -0.3 is 10.6 Å². The largest absolute Gasteiger partial charge is 0.399 e. The Morgan fingerprint density at radius 1 is 0.833 bits per heavy atom. The van der Waals surface area contributed by atoms with Crippen LogP contribution in [0.2, 0.25) is 0 Å². The summed E-state index contributed by atoms with van der Waals surface area (Å²) in [6.07, 6.45) is 0. The van der Waals surface area contributed by atoms with Crippen molar-refractivity contribution >= 4 is 39.2 Å². The molecule has 0 bridgehead atoms. The van der Waals surface area contributed by atoms with E-state index < -0.39 is 0 Å². The second kappa shape index (κ2) is 6.45. The third-order valence-electron chi connectivity index (χ3n) is 3.72. The van der Waals surface area contributed by atoms with Crippen LogP contribution < -0.4 is 10.6 Å². The molecular formula is C18H17N5O. The van der Waals surface area contributed by atoms with Crippen molar-refractivity contribution < 1.29 is 0 Å². The summed E-state index contributed by atoms with van der Waals surface area (Å²) in [7, 11) is 4.00. The third kappa shape index (κ3) is 2.94. The van der Waals surface area contributed by atoms with E-state index in [0.717, 1.165) is 22.1 Å². The molecule has 0 spiro atoms. The van der Waals surface area contributed by atoms with E-state index in [1.807, 2.05) is 50.5 Å². The molecule has 0 aliphatic carbocycles. The molecule has 0 radical (unpaired) electrons. The van der Waals surface area contributed by atoms with Gasteiger partial charge in [-0.15, -0.1) is 15.1 Å². The van der Waals surface area contributed by atoms with Crippen LogP contribution in [0.25, 0.3) is 10.8 Å². The van der Waals surface area contributed by atoms with Gasteiger partial charge in [0, 0.05) is 36.2 Å². The summed E-state index contributed by atoms with van der Waals surface area (Å²) in [5.74, 6) is 0. The van der Waals surface area contributed by atoms with E-state index in [9.17, 15) is 4.91 Å². The summed E-state index contributed by atoms with van der Waals surface area (Å²) in [6, 6.07) is 16.7. The quantitative estimate of drug-likeness (QED) is 0.402. The number of nitrogen functional groups attached to an aromatic ring is 1. The van der Waals surface area contributed by atoms with Crippen molar-refractivity contribution in [3.63, 3.8) is 0 Å². The second-order valence-electron chi connectivity index (χ2n) is 5.58. The molecule has 0 saturated carbocycles. The number of azo groups is 1. The SMILES string of the molecule is CN(C)c1ccc(N=Nc2ccc(N)cc2N=O)c2ccccc12. The lowest BCUT2D eigenvalue weighted by Crippen LogP contribution is -2.08. The van der Waals surface area contributed by atoms with Gasteiger partial charge in [0.2, 0.25) is 0 Å². The highest BCUT2D eigenvalue weighted by atomic mass is 16.3. The van der Waals surface area contributed by atoms with E-state index in [4.69, 9.17) is 5.73 Å². The average Bonchev–Trinajstić information content (AvgIpc) is 2.60. The van der Waals surface area contributed by atoms with Crippen LogP contribution >= 0.6 is 0 Å². The molecule has 3 aromatic carbocycles. The number of rotatable bonds is 4. The van der Waals surface area contributed by atoms with Gasteiger partial charge in [-0.25, -0.2) is 0 Å². The first-order chi connectivity index (χ1) is 11.6. The molecule has 0 amide bonds. The van der Waals surface area contributed by atoms with Gasteiger partial charge in [0.25, 0.3) is 0 Å². The summed E-state index contributed by atoms with van der Waals surface area (Å²) in [5, 5.41) is 13.5. The Bertz CT molecular complexity index is 934. The molecule has 0 atom stereocenters. The number of fused-ring (bicyclic) bond motifs is 1. The first-order valence-electron chi connectivity index (χ1n) is 7.44. The molecule has 0 aliphatic rings. The molecule has 3 aromatic rings. The average molecular weight is 319 g/mol. The molecule has 0 saturated heterocycles. The van der Waals surface area contributed by atoms with E-state index in [0.29, 0.717) is 11.4 Å². The minimum atomic E-state index is 0.174. The minimum Gasteiger partial charge on any atom is -0.399 e. The van der Waals surface area contributed by atoms with Gasteiger partial charge in [0.15, 0.2) is 0 Å². The Morgan fingerprint density at radius 2 is 1.50 bits per heavy atom. The van der Waals surface area contributed by atoms with Gasteiger partial charge >= 0.3 is 0 Å². The smallest absolute Gasteiger partial charge is 0.137 e. The number of nitrogens with zero attached hydrogens (tertiary/aromatic N) is 4. The van der Waals surface area contributed by atoms with Crippen LogP contribution in [0.3, 0.4) is 0 Å². The van der Waals surface area contributed by atoms with Gasteiger partial charge in [0.1, 0.15) is 11.4 Å². The predicted molar refractivity (Wildman–Crippen MR) is 98.8 cm³/mol. The van der Waals surface area contributed by atoms with Crippen LogP contribution in [0.5, 0.6) is 0 Å². The fourth-order valence-corrected chi connectivity index (χ4v) is 2.55. The molecule has 0 unspecified atom stereocenters. The van der Waals surface area contributed by atoms with Crippen LogP contribution in [0.15, 0.2) is 70.0 Å². The summed E-state index contributed by atoms with van der Waals surface area (Å²) in [5.41, 5.74) is 8.51. The highest BCUT2D eigenvalue weighted by Gasteiger charge is 2.07. The van der Waals surface area contributed by atoms with Crippen molar-refractivity contribution in [2.45, 2.75) is 0 Å². The molecule has 0 heterocycles. The number of nitroso groups, excluding NO2 is 1. The Balaban J connectivity index is 2.08. The van der Waals surface area contributed by atoms with Gasteiger partial charge in [-0.2, -0.15) is 0 Å². The number of nitrogens with two attached hydrogens (primary N) is 1. The van der Waals surface area contributed by atoms with Crippen molar-refractivity contribution in [2.24, 2.45) is 15.4 Å². The molecule has 24 heavy (non-hydrogen) atoms. The zero-order valence-corrected chi connectivity index (χ0v) is 13.5. The van der Waals surface area contributed by atoms with E-state index in [2.05, 4.69) is 20.3 Å². The summed E-state index contributed by atoms with van der Waals surface area (Å²) < 4.78 is 0. The van der Waals surface area contributed by atoms with Crippen LogP contribution in [-0.2, 0) is 0 Å². The van der Waals surface area contributed by atoms with Gasteiger partial charge in [0.05, 0.1) is 5.69 Å². The molecule has 6 nitrogen and oxygen atoms in total. The van der Waals surface area contributed by atoms with Crippen molar-refractivity contribution in [3.8, 4) is 0 Å². The summed E-state index contributed by atoms with van der Waals surface area (Å²) in [4.78, 5) is 13.0. The number of hydrogen-bond donors (Lipinski definition) is 1. The maximum Gasteiger partial charge on any atom is 0.137 e. The van der Waals surface area contributed by atoms with Gasteiger partial charge in [-0.1, -0.05) is 24.3 Å². The van der Waals surface area contributed by atoms with Crippen LogP contribution in [0.4, 0.5) is 28.4 Å². The molecule has 3 rings (SSSR count). The Labute approximate surface area is 139 Å². The Kier molecular flexibility index (Phi) is 4.20. The maximum absolute atomic E-state index is 10.9. The number of anilines is 2. The normalized spacial score (nSPS) is 11.1. The fourth-order valence-electron chi connectivity index (χ4n) is 2.55. The van der Waals surface area contributed by atoms with E-state index in [1.165, 1.54) is 6.07 Å². The fraction of sp³-hybridized carbons (Fsp3) is 0.111. The molecule has 2 N–H and O–H groups in total. The van der Waals surface area contributed by atoms with Crippen LogP contribution in [-0.4, -0.2) is 14.1 Å². The van der Waals surface area contributed by atoms with Gasteiger partial charge in [-0.3, -0.25) is 0 Å². The molecule has 120 valence electrons. The Morgan fingerprint density at radius 3 is 2.21 bits per heavy atom. The Hall–Kier alpha value is -3.28. The predicted octanol–water partition coefficient (Wildman–Crippen LogP) is 5.30. The lowest BCUT2D eigenvalue weighted by Gasteiger charge is -2.16. The van der Waals surface area contributed by atoms with E-state index in [1.54, 1.807) is 12.1 Å². The van der Waals surface area contributed by atoms with Crippen LogP contribution in [0.1, 0.15) is 0 Å². The number of benzene rings is 3.